The summed E-state index contributed by atoms with van der Waals surface area (Å²) in [7, 11) is 0. The fourth-order valence-corrected chi connectivity index (χ4v) is 2.66. The topological polar surface area (TPSA) is 57.6 Å². The van der Waals surface area contributed by atoms with E-state index in [4.69, 9.17) is 5.11 Å². The van der Waals surface area contributed by atoms with Gasteiger partial charge in [0.15, 0.2) is 0 Å². The van der Waals surface area contributed by atoms with E-state index < -0.39 is 11.9 Å². The summed E-state index contributed by atoms with van der Waals surface area (Å²) in [6, 6.07) is 5.48. The molecule has 1 aromatic rings. The summed E-state index contributed by atoms with van der Waals surface area (Å²) >= 11 is 3.35. The SMILES string of the molecule is Cc1cc(Br)ccc1C(=O)N1CCC(C(=O)O)C1.Cl. The molecule has 1 atom stereocenters. The van der Waals surface area contributed by atoms with Crippen LogP contribution in [0, 0.1) is 12.8 Å². The number of hydrogen-bond donors (Lipinski definition) is 1. The molecule has 1 aliphatic heterocycles. The Morgan fingerprint density at radius 3 is 2.63 bits per heavy atom. The Labute approximate surface area is 126 Å². The van der Waals surface area contributed by atoms with Crippen molar-refractivity contribution < 1.29 is 14.7 Å². The zero-order valence-electron chi connectivity index (χ0n) is 10.4. The number of carbonyl (C=O) groups excluding carboxylic acids is 1. The molecule has 1 fully saturated rings. The Morgan fingerprint density at radius 2 is 2.11 bits per heavy atom. The Hall–Kier alpha value is -1.07. The lowest BCUT2D eigenvalue weighted by atomic mass is 10.1. The van der Waals surface area contributed by atoms with Crippen LogP contribution in [0.1, 0.15) is 22.3 Å². The van der Waals surface area contributed by atoms with Gasteiger partial charge in [-0.3, -0.25) is 9.59 Å². The first-order valence-corrected chi connectivity index (χ1v) is 6.56. The minimum Gasteiger partial charge on any atom is -0.481 e. The highest BCUT2D eigenvalue weighted by atomic mass is 79.9. The summed E-state index contributed by atoms with van der Waals surface area (Å²) in [5.74, 6) is -1.33. The Kier molecular flexibility index (Phi) is 5.38. The van der Waals surface area contributed by atoms with E-state index in [2.05, 4.69) is 15.9 Å². The molecule has 19 heavy (non-hydrogen) atoms. The van der Waals surface area contributed by atoms with E-state index in [9.17, 15) is 9.59 Å². The number of carbonyl (C=O) groups is 2. The molecule has 1 aromatic carbocycles. The highest BCUT2D eigenvalue weighted by Crippen LogP contribution is 2.22. The molecule has 1 unspecified atom stereocenters. The monoisotopic (exact) mass is 347 g/mol. The summed E-state index contributed by atoms with van der Waals surface area (Å²) in [5, 5.41) is 8.93. The normalized spacial score (nSPS) is 18.0. The lowest BCUT2D eigenvalue weighted by Gasteiger charge is -2.17. The molecule has 1 amide bonds. The van der Waals surface area contributed by atoms with Crippen molar-refractivity contribution in [2.24, 2.45) is 5.92 Å². The summed E-state index contributed by atoms with van der Waals surface area (Å²) in [6.45, 7) is 2.71. The smallest absolute Gasteiger partial charge is 0.308 e. The molecule has 4 nitrogen and oxygen atoms in total. The standard InChI is InChI=1S/C13H14BrNO3.ClH/c1-8-6-10(14)2-3-11(8)12(16)15-5-4-9(7-15)13(17)18;/h2-3,6,9H,4-5,7H2,1H3,(H,17,18);1H. The van der Waals surface area contributed by atoms with Crippen molar-refractivity contribution in [1.82, 2.24) is 4.90 Å². The number of nitrogens with zero attached hydrogens (tertiary/aromatic N) is 1. The van der Waals surface area contributed by atoms with Gasteiger partial charge in [-0.1, -0.05) is 15.9 Å². The van der Waals surface area contributed by atoms with Gasteiger partial charge in [0.25, 0.3) is 5.91 Å². The molecule has 0 spiro atoms. The van der Waals surface area contributed by atoms with Crippen molar-refractivity contribution in [3.05, 3.63) is 33.8 Å². The van der Waals surface area contributed by atoms with Gasteiger partial charge in [0.05, 0.1) is 5.92 Å². The van der Waals surface area contributed by atoms with Gasteiger partial charge in [-0.25, -0.2) is 0 Å². The maximum atomic E-state index is 12.3. The number of aryl methyl sites for hydroxylation is 1. The predicted molar refractivity (Wildman–Crippen MR) is 77.8 cm³/mol. The number of halogens is 2. The van der Waals surface area contributed by atoms with Gasteiger partial charge in [-0.15, -0.1) is 12.4 Å². The second kappa shape index (κ2) is 6.39. The van der Waals surface area contributed by atoms with E-state index in [0.29, 0.717) is 25.1 Å². The Morgan fingerprint density at radius 1 is 1.42 bits per heavy atom. The van der Waals surface area contributed by atoms with Gasteiger partial charge >= 0.3 is 5.97 Å². The van der Waals surface area contributed by atoms with Crippen LogP contribution in [0.15, 0.2) is 22.7 Å². The van der Waals surface area contributed by atoms with Crippen LogP contribution in [-0.2, 0) is 4.79 Å². The molecule has 1 N–H and O–H groups in total. The van der Waals surface area contributed by atoms with Gasteiger partial charge in [-0.2, -0.15) is 0 Å². The maximum absolute atomic E-state index is 12.3. The van der Waals surface area contributed by atoms with Crippen molar-refractivity contribution in [3.8, 4) is 0 Å². The van der Waals surface area contributed by atoms with Crippen molar-refractivity contribution in [2.45, 2.75) is 13.3 Å². The number of rotatable bonds is 2. The number of aliphatic carboxylic acids is 1. The van der Waals surface area contributed by atoms with E-state index in [1.165, 1.54) is 0 Å². The van der Waals surface area contributed by atoms with Crippen LogP contribution in [0.3, 0.4) is 0 Å². The van der Waals surface area contributed by atoms with Crippen LogP contribution in [0.25, 0.3) is 0 Å². The number of likely N-dealkylation sites (tertiary alicyclic amines) is 1. The first kappa shape index (κ1) is 16.0. The first-order valence-electron chi connectivity index (χ1n) is 5.77. The fraction of sp³-hybridized carbons (Fsp3) is 0.385. The van der Waals surface area contributed by atoms with Gasteiger partial charge in [0, 0.05) is 23.1 Å². The van der Waals surface area contributed by atoms with Crippen LogP contribution >= 0.6 is 28.3 Å². The molecule has 0 radical (unpaired) electrons. The molecule has 0 aliphatic carbocycles. The van der Waals surface area contributed by atoms with Crippen molar-refractivity contribution in [2.75, 3.05) is 13.1 Å². The van der Waals surface area contributed by atoms with Crippen LogP contribution in [-0.4, -0.2) is 35.0 Å². The van der Waals surface area contributed by atoms with Crippen molar-refractivity contribution >= 4 is 40.2 Å². The number of carboxylic acids is 1. The average molecular weight is 349 g/mol. The van der Waals surface area contributed by atoms with Crippen molar-refractivity contribution in [3.63, 3.8) is 0 Å². The quantitative estimate of drug-likeness (QED) is 0.894. The van der Waals surface area contributed by atoms with E-state index in [0.717, 1.165) is 10.0 Å². The molecule has 104 valence electrons. The zero-order chi connectivity index (χ0) is 13.3. The summed E-state index contributed by atoms with van der Waals surface area (Å²) < 4.78 is 0.932. The van der Waals surface area contributed by atoms with Gasteiger partial charge in [0.2, 0.25) is 0 Å². The summed E-state index contributed by atoms with van der Waals surface area (Å²) in [6.07, 6.45) is 0.538. The van der Waals surface area contributed by atoms with Gasteiger partial charge < -0.3 is 10.0 Å². The summed E-state index contributed by atoms with van der Waals surface area (Å²) in [4.78, 5) is 24.8. The average Bonchev–Trinajstić information content (AvgIpc) is 2.77. The largest absolute Gasteiger partial charge is 0.481 e. The second-order valence-corrected chi connectivity index (χ2v) is 5.45. The van der Waals surface area contributed by atoms with E-state index >= 15 is 0 Å². The van der Waals surface area contributed by atoms with E-state index in [-0.39, 0.29) is 18.3 Å². The van der Waals surface area contributed by atoms with Gasteiger partial charge in [-0.05, 0) is 37.1 Å². The third kappa shape index (κ3) is 3.48. The molecular weight excluding hydrogens is 334 g/mol. The molecule has 0 aromatic heterocycles. The molecule has 6 heteroatoms. The fourth-order valence-electron chi connectivity index (χ4n) is 2.18. The molecule has 1 aliphatic rings. The Balaban J connectivity index is 0.00000180. The summed E-state index contributed by atoms with van der Waals surface area (Å²) in [5.41, 5.74) is 1.54. The Bertz CT molecular complexity index is 507. The number of hydrogen-bond acceptors (Lipinski definition) is 2. The number of benzene rings is 1. The highest BCUT2D eigenvalue weighted by Gasteiger charge is 2.31. The van der Waals surface area contributed by atoms with Crippen LogP contribution in [0.5, 0.6) is 0 Å². The minimum atomic E-state index is -0.821. The molecular formula is C13H15BrClNO3. The second-order valence-electron chi connectivity index (χ2n) is 4.53. The third-order valence-corrected chi connectivity index (χ3v) is 3.74. The molecule has 0 saturated carbocycles. The lowest BCUT2D eigenvalue weighted by molar-refractivity contribution is -0.141. The van der Waals surface area contributed by atoms with Crippen molar-refractivity contribution in [1.29, 1.82) is 0 Å². The maximum Gasteiger partial charge on any atom is 0.308 e. The van der Waals surface area contributed by atoms with Crippen LogP contribution in [0.4, 0.5) is 0 Å². The first-order chi connectivity index (χ1) is 8.49. The van der Waals surface area contributed by atoms with E-state index in [1.807, 2.05) is 19.1 Å². The minimum absolute atomic E-state index is 0. The zero-order valence-corrected chi connectivity index (χ0v) is 12.8. The molecule has 2 rings (SSSR count). The molecule has 1 saturated heterocycles. The molecule has 0 bridgehead atoms. The molecule has 1 heterocycles. The predicted octanol–water partition coefficient (Wildman–Crippen LogP) is 2.73. The van der Waals surface area contributed by atoms with E-state index in [1.54, 1.807) is 11.0 Å². The number of amides is 1. The van der Waals surface area contributed by atoms with Crippen LogP contribution in [0.2, 0.25) is 0 Å². The highest BCUT2D eigenvalue weighted by molar-refractivity contribution is 9.10. The van der Waals surface area contributed by atoms with Crippen LogP contribution < -0.4 is 0 Å². The number of carboxylic acid groups (broad SMARTS) is 1. The third-order valence-electron chi connectivity index (χ3n) is 3.24. The van der Waals surface area contributed by atoms with Gasteiger partial charge in [0.1, 0.15) is 0 Å². The lowest BCUT2D eigenvalue weighted by Crippen LogP contribution is -2.30.